The number of carbonyl (C=O) groups is 1. The van der Waals surface area contributed by atoms with E-state index in [1.807, 2.05) is 20.8 Å². The topological polar surface area (TPSA) is 58.6 Å². The highest BCUT2D eigenvalue weighted by Crippen LogP contribution is 2.14. The number of hydrogen-bond acceptors (Lipinski definition) is 4. The van der Waals surface area contributed by atoms with Crippen molar-refractivity contribution in [3.8, 4) is 0 Å². The lowest BCUT2D eigenvalue weighted by Crippen LogP contribution is -2.39. The Labute approximate surface area is 117 Å². The van der Waals surface area contributed by atoms with E-state index in [4.69, 9.17) is 9.78 Å². The van der Waals surface area contributed by atoms with Gasteiger partial charge in [0.1, 0.15) is 6.10 Å². The highest BCUT2D eigenvalue weighted by molar-refractivity contribution is 5.69. The van der Waals surface area contributed by atoms with Crippen molar-refractivity contribution in [3.63, 3.8) is 0 Å². The first-order valence-electron chi connectivity index (χ1n) is 7.42. The fraction of sp³-hybridized carbons (Fsp3) is 0.933. The zero-order chi connectivity index (χ0) is 14.7. The predicted molar refractivity (Wildman–Crippen MR) is 73.3 cm³/mol. The van der Waals surface area contributed by atoms with Gasteiger partial charge in [0, 0.05) is 0 Å². The number of carboxylic acids is 1. The zero-order valence-electron chi connectivity index (χ0n) is 12.9. The maximum absolute atomic E-state index is 10.9. The lowest BCUT2D eigenvalue weighted by molar-refractivity contribution is -0.392. The molecule has 0 aromatic heterocycles. The van der Waals surface area contributed by atoms with Crippen LogP contribution in [0.25, 0.3) is 0 Å². The number of unbranched alkanes of at least 4 members (excludes halogenated alkanes) is 6. The Morgan fingerprint density at radius 2 is 1.58 bits per heavy atom. The summed E-state index contributed by atoms with van der Waals surface area (Å²) >= 11 is 0. The molecule has 0 bridgehead atoms. The highest BCUT2D eigenvalue weighted by Gasteiger charge is 2.17. The molecule has 0 N–H and O–H groups in total. The van der Waals surface area contributed by atoms with E-state index in [2.05, 4.69) is 6.92 Å². The number of rotatable bonds is 11. The Morgan fingerprint density at radius 3 is 2.05 bits per heavy atom. The lowest BCUT2D eigenvalue weighted by Gasteiger charge is -2.23. The molecule has 0 aliphatic rings. The second kappa shape index (κ2) is 10.2. The molecule has 19 heavy (non-hydrogen) atoms. The van der Waals surface area contributed by atoms with Crippen molar-refractivity contribution in [1.82, 2.24) is 0 Å². The van der Waals surface area contributed by atoms with Crippen LogP contribution in [0.5, 0.6) is 0 Å². The molecule has 0 saturated carbocycles. The summed E-state index contributed by atoms with van der Waals surface area (Å²) in [7, 11) is 0. The van der Waals surface area contributed by atoms with E-state index in [9.17, 15) is 9.90 Å². The molecule has 0 radical (unpaired) electrons. The van der Waals surface area contributed by atoms with Gasteiger partial charge in [-0.1, -0.05) is 51.9 Å². The Balaban J connectivity index is 3.69. The first-order chi connectivity index (χ1) is 8.87. The Morgan fingerprint density at radius 1 is 1.05 bits per heavy atom. The molecule has 0 aromatic carbocycles. The third-order valence-corrected chi connectivity index (χ3v) is 2.75. The second-order valence-electron chi connectivity index (χ2n) is 6.01. The van der Waals surface area contributed by atoms with Gasteiger partial charge in [0.2, 0.25) is 0 Å². The second-order valence-corrected chi connectivity index (χ2v) is 6.01. The molecule has 0 rings (SSSR count). The largest absolute Gasteiger partial charge is 0.547 e. The van der Waals surface area contributed by atoms with Crippen LogP contribution in [0.3, 0.4) is 0 Å². The van der Waals surface area contributed by atoms with Crippen LogP contribution < -0.4 is 5.11 Å². The van der Waals surface area contributed by atoms with Crippen LogP contribution in [0.2, 0.25) is 0 Å². The van der Waals surface area contributed by atoms with Crippen molar-refractivity contribution >= 4 is 5.97 Å². The van der Waals surface area contributed by atoms with Crippen LogP contribution in [-0.2, 0) is 14.6 Å². The van der Waals surface area contributed by atoms with Crippen molar-refractivity contribution in [2.75, 3.05) is 0 Å². The fourth-order valence-electron chi connectivity index (χ4n) is 1.69. The van der Waals surface area contributed by atoms with Gasteiger partial charge in [0.05, 0.1) is 11.6 Å². The maximum Gasteiger partial charge on any atom is 0.132 e. The summed E-state index contributed by atoms with van der Waals surface area (Å²) in [5.74, 6) is -1.20. The minimum atomic E-state index is -1.20. The van der Waals surface area contributed by atoms with E-state index in [0.29, 0.717) is 6.42 Å². The van der Waals surface area contributed by atoms with Gasteiger partial charge in [-0.05, 0) is 27.2 Å². The molecule has 4 nitrogen and oxygen atoms in total. The fourth-order valence-corrected chi connectivity index (χ4v) is 1.69. The van der Waals surface area contributed by atoms with Crippen LogP contribution in [0.1, 0.15) is 79.1 Å². The highest BCUT2D eigenvalue weighted by atomic mass is 17.2. The Hall–Kier alpha value is -0.610. The molecule has 0 heterocycles. The van der Waals surface area contributed by atoms with Gasteiger partial charge in [0.25, 0.3) is 0 Å². The average Bonchev–Trinajstić information content (AvgIpc) is 2.30. The molecule has 0 aromatic rings. The van der Waals surface area contributed by atoms with E-state index in [-0.39, 0.29) is 0 Å². The zero-order valence-corrected chi connectivity index (χ0v) is 12.9. The molecule has 1 atom stereocenters. The van der Waals surface area contributed by atoms with Gasteiger partial charge in [-0.15, -0.1) is 0 Å². The van der Waals surface area contributed by atoms with Crippen LogP contribution in [0, 0.1) is 0 Å². The Kier molecular flexibility index (Phi) is 9.88. The van der Waals surface area contributed by atoms with Crippen molar-refractivity contribution in [3.05, 3.63) is 0 Å². The molecule has 1 unspecified atom stereocenters. The lowest BCUT2D eigenvalue weighted by atomic mass is 10.1. The average molecular weight is 273 g/mol. The summed E-state index contributed by atoms with van der Waals surface area (Å²) in [6.07, 6.45) is 7.52. The summed E-state index contributed by atoms with van der Waals surface area (Å²) in [6.45, 7) is 7.63. The molecular weight excluding hydrogens is 244 g/mol. The normalized spacial score (nSPS) is 13.5. The minimum absolute atomic E-state index is 0.451. The molecule has 0 spiro atoms. The van der Waals surface area contributed by atoms with Gasteiger partial charge in [0.15, 0.2) is 0 Å². The smallest absolute Gasteiger partial charge is 0.132 e. The van der Waals surface area contributed by atoms with Gasteiger partial charge < -0.3 is 9.90 Å². The third kappa shape index (κ3) is 12.2. The first kappa shape index (κ1) is 18.4. The van der Waals surface area contributed by atoms with Crippen LogP contribution in [0.4, 0.5) is 0 Å². The van der Waals surface area contributed by atoms with Gasteiger partial charge >= 0.3 is 0 Å². The van der Waals surface area contributed by atoms with E-state index in [0.717, 1.165) is 19.3 Å². The third-order valence-electron chi connectivity index (χ3n) is 2.75. The number of aliphatic carboxylic acids is 1. The summed E-state index contributed by atoms with van der Waals surface area (Å²) in [5, 5.41) is 10.9. The molecule has 0 aliphatic carbocycles. The van der Waals surface area contributed by atoms with Crippen molar-refractivity contribution in [2.45, 2.75) is 90.8 Å². The van der Waals surface area contributed by atoms with Crippen LogP contribution >= 0.6 is 0 Å². The Bertz CT molecular complexity index is 233. The van der Waals surface area contributed by atoms with Gasteiger partial charge in [-0.2, -0.15) is 0 Å². The van der Waals surface area contributed by atoms with E-state index in [1.54, 1.807) is 0 Å². The molecule has 0 fully saturated rings. The van der Waals surface area contributed by atoms with E-state index < -0.39 is 17.7 Å². The SMILES string of the molecule is CCCCCCCCCC(OOC(C)(C)C)C(=O)[O-]. The molecule has 0 aliphatic heterocycles. The molecule has 0 saturated heterocycles. The van der Waals surface area contributed by atoms with Crippen molar-refractivity contribution in [2.24, 2.45) is 0 Å². The van der Waals surface area contributed by atoms with Gasteiger partial charge in [-0.25, -0.2) is 9.78 Å². The van der Waals surface area contributed by atoms with E-state index >= 15 is 0 Å². The summed E-state index contributed by atoms with van der Waals surface area (Å²) in [4.78, 5) is 20.9. The van der Waals surface area contributed by atoms with Crippen molar-refractivity contribution in [1.29, 1.82) is 0 Å². The molecule has 4 heteroatoms. The number of carboxylic acid groups (broad SMARTS) is 1. The number of carbonyl (C=O) groups excluding carboxylic acids is 1. The van der Waals surface area contributed by atoms with E-state index in [1.165, 1.54) is 25.7 Å². The van der Waals surface area contributed by atoms with Crippen LogP contribution in [-0.4, -0.2) is 17.7 Å². The number of hydrogen-bond donors (Lipinski definition) is 0. The van der Waals surface area contributed by atoms with Crippen LogP contribution in [0.15, 0.2) is 0 Å². The van der Waals surface area contributed by atoms with Gasteiger partial charge in [-0.3, -0.25) is 0 Å². The maximum atomic E-state index is 10.9. The molecular formula is C15H29O4-. The molecule has 0 amide bonds. The minimum Gasteiger partial charge on any atom is -0.547 e. The summed E-state index contributed by atoms with van der Waals surface area (Å²) in [6, 6.07) is 0. The quantitative estimate of drug-likeness (QED) is 0.330. The van der Waals surface area contributed by atoms with Crippen molar-refractivity contribution < 1.29 is 19.7 Å². The monoisotopic (exact) mass is 273 g/mol. The first-order valence-corrected chi connectivity index (χ1v) is 7.42. The summed E-state index contributed by atoms with van der Waals surface area (Å²) < 4.78 is 0. The predicted octanol–water partition coefficient (Wildman–Crippen LogP) is 2.99. The standard InChI is InChI=1S/C15H30O4/c1-5-6-7-8-9-10-11-12-13(14(16)17)18-19-15(2,3)4/h13H,5-12H2,1-4H3,(H,16,17)/p-1. The molecule has 114 valence electrons. The summed E-state index contributed by atoms with van der Waals surface area (Å²) in [5.41, 5.74) is -0.506.